The molecular formula is C31H47N2O5+. The van der Waals surface area contributed by atoms with Gasteiger partial charge in [0.1, 0.15) is 19.2 Å². The van der Waals surface area contributed by atoms with Crippen molar-refractivity contribution >= 4 is 5.97 Å². The van der Waals surface area contributed by atoms with Crippen molar-refractivity contribution < 1.29 is 28.6 Å². The first kappa shape index (κ1) is 27.5. The van der Waals surface area contributed by atoms with Crippen LogP contribution in [0.2, 0.25) is 0 Å². The SMILES string of the molecule is C=C1CCCC2(C)CC3OC(=O)C(CN(CCC[NH+]4CCOCC4)Cc4cccc(OC)c4OC)C3CC12. The Morgan fingerprint density at radius 1 is 1.21 bits per heavy atom. The van der Waals surface area contributed by atoms with Crippen molar-refractivity contribution in [2.45, 2.75) is 58.1 Å². The number of fused-ring (bicyclic) bond motifs is 2. The maximum absolute atomic E-state index is 13.3. The molecule has 1 aromatic carbocycles. The molecule has 1 N–H and O–H groups in total. The standard InChI is InChI=1S/C31H46N2O5/c1-22-8-6-11-31(2)19-28-24(18-26(22)31)25(30(34)38-28)21-33(13-7-12-32-14-16-37-17-15-32)20-23-9-5-10-27(35-3)29(23)36-4/h5,9-10,24-26,28H,1,6-8,11-21H2,2-4H3/p+1. The first-order chi connectivity index (χ1) is 18.4. The second-order valence-corrected chi connectivity index (χ2v) is 12.3. The fourth-order valence-corrected chi connectivity index (χ4v) is 7.76. The largest absolute Gasteiger partial charge is 0.493 e. The molecule has 0 bridgehead atoms. The number of carbonyl (C=O) groups excluding carboxylic acids is 1. The fourth-order valence-electron chi connectivity index (χ4n) is 7.76. The molecule has 4 aliphatic rings. The lowest BCUT2D eigenvalue weighted by Crippen LogP contribution is -3.14. The Morgan fingerprint density at radius 3 is 2.79 bits per heavy atom. The number of morpholine rings is 1. The van der Waals surface area contributed by atoms with Crippen molar-refractivity contribution in [3.8, 4) is 11.5 Å². The predicted octanol–water partition coefficient (Wildman–Crippen LogP) is 3.13. The molecule has 7 nitrogen and oxygen atoms in total. The van der Waals surface area contributed by atoms with Gasteiger partial charge in [0, 0.05) is 37.5 Å². The molecule has 1 aromatic rings. The summed E-state index contributed by atoms with van der Waals surface area (Å²) in [5, 5.41) is 0. The van der Waals surface area contributed by atoms with Gasteiger partial charge in [-0.15, -0.1) is 0 Å². The highest BCUT2D eigenvalue weighted by Crippen LogP contribution is 2.57. The van der Waals surface area contributed by atoms with Crippen LogP contribution in [0.5, 0.6) is 11.5 Å². The molecule has 4 fully saturated rings. The number of ether oxygens (including phenoxy) is 4. The minimum atomic E-state index is -0.0911. The average Bonchev–Trinajstić information content (AvgIpc) is 3.20. The van der Waals surface area contributed by atoms with Gasteiger partial charge >= 0.3 is 5.97 Å². The first-order valence-corrected chi connectivity index (χ1v) is 14.6. The van der Waals surface area contributed by atoms with Crippen molar-refractivity contribution in [2.24, 2.45) is 23.2 Å². The van der Waals surface area contributed by atoms with Gasteiger partial charge in [0.2, 0.25) is 0 Å². The Morgan fingerprint density at radius 2 is 2.03 bits per heavy atom. The number of methoxy groups -OCH3 is 2. The monoisotopic (exact) mass is 527 g/mol. The van der Waals surface area contributed by atoms with Gasteiger partial charge in [-0.1, -0.05) is 31.2 Å². The summed E-state index contributed by atoms with van der Waals surface area (Å²) in [6.07, 6.45) is 6.69. The van der Waals surface area contributed by atoms with E-state index < -0.39 is 0 Å². The highest BCUT2D eigenvalue weighted by Gasteiger charge is 2.55. The molecule has 2 aliphatic carbocycles. The molecule has 5 rings (SSSR count). The number of hydrogen-bond donors (Lipinski definition) is 1. The molecule has 2 saturated heterocycles. The summed E-state index contributed by atoms with van der Waals surface area (Å²) in [7, 11) is 3.37. The zero-order valence-corrected chi connectivity index (χ0v) is 23.6. The van der Waals surface area contributed by atoms with Crippen LogP contribution < -0.4 is 14.4 Å². The lowest BCUT2D eigenvalue weighted by molar-refractivity contribution is -0.908. The normalized spacial score (nSPS) is 31.6. The summed E-state index contributed by atoms with van der Waals surface area (Å²) in [6.45, 7) is 14.2. The summed E-state index contributed by atoms with van der Waals surface area (Å²) in [6, 6.07) is 6.06. The van der Waals surface area contributed by atoms with Crippen LogP contribution in [0.25, 0.3) is 0 Å². The predicted molar refractivity (Wildman–Crippen MR) is 147 cm³/mol. The molecule has 2 aliphatic heterocycles. The van der Waals surface area contributed by atoms with Gasteiger partial charge in [-0.05, 0) is 49.5 Å². The van der Waals surface area contributed by atoms with Crippen LogP contribution in [0.4, 0.5) is 0 Å². The van der Waals surface area contributed by atoms with Crippen LogP contribution in [0.1, 0.15) is 51.0 Å². The number of rotatable bonds is 10. The van der Waals surface area contributed by atoms with Crippen molar-refractivity contribution in [1.82, 2.24) is 4.90 Å². The number of quaternary nitrogens is 1. The second-order valence-electron chi connectivity index (χ2n) is 12.3. The van der Waals surface area contributed by atoms with E-state index >= 15 is 0 Å². The van der Waals surface area contributed by atoms with Gasteiger partial charge in [0.25, 0.3) is 0 Å². The van der Waals surface area contributed by atoms with E-state index in [9.17, 15) is 4.79 Å². The summed E-state index contributed by atoms with van der Waals surface area (Å²) >= 11 is 0. The van der Waals surface area contributed by atoms with E-state index in [0.717, 1.165) is 82.1 Å². The second kappa shape index (κ2) is 12.0. The topological polar surface area (TPSA) is 61.7 Å². The molecule has 5 unspecified atom stereocenters. The fraction of sp³-hybridized carbons (Fsp3) is 0.710. The van der Waals surface area contributed by atoms with Crippen LogP contribution in [0, 0.1) is 23.2 Å². The lowest BCUT2D eigenvalue weighted by atomic mass is 9.55. The van der Waals surface area contributed by atoms with Gasteiger partial charge < -0.3 is 23.8 Å². The number of para-hydroxylation sites is 1. The van der Waals surface area contributed by atoms with E-state index in [1.807, 2.05) is 12.1 Å². The van der Waals surface area contributed by atoms with E-state index in [-0.39, 0.29) is 29.3 Å². The van der Waals surface area contributed by atoms with Gasteiger partial charge in [0.05, 0.1) is 39.9 Å². The molecule has 7 heteroatoms. The molecule has 0 radical (unpaired) electrons. The van der Waals surface area contributed by atoms with Gasteiger partial charge in [0.15, 0.2) is 11.5 Å². The maximum Gasteiger partial charge on any atom is 0.310 e. The quantitative estimate of drug-likeness (QED) is 0.373. The number of nitrogens with zero attached hydrogens (tertiary/aromatic N) is 1. The number of hydrogen-bond acceptors (Lipinski definition) is 6. The van der Waals surface area contributed by atoms with E-state index in [1.165, 1.54) is 18.4 Å². The molecule has 0 aromatic heterocycles. The van der Waals surface area contributed by atoms with Crippen molar-refractivity contribution in [3.63, 3.8) is 0 Å². The Labute approximate surface area is 228 Å². The zero-order valence-electron chi connectivity index (χ0n) is 23.6. The summed E-state index contributed by atoms with van der Waals surface area (Å²) in [5.41, 5.74) is 2.70. The van der Waals surface area contributed by atoms with E-state index in [4.69, 9.17) is 18.9 Å². The van der Waals surface area contributed by atoms with Crippen LogP contribution in [-0.4, -0.2) is 77.1 Å². The number of allylic oxidation sites excluding steroid dienone is 1. The van der Waals surface area contributed by atoms with Crippen molar-refractivity contribution in [3.05, 3.63) is 35.9 Å². The zero-order chi connectivity index (χ0) is 26.7. The highest BCUT2D eigenvalue weighted by atomic mass is 16.6. The molecule has 2 heterocycles. The summed E-state index contributed by atoms with van der Waals surface area (Å²) in [5.74, 6) is 2.20. The van der Waals surface area contributed by atoms with Crippen molar-refractivity contribution in [2.75, 3.05) is 60.2 Å². The Bertz CT molecular complexity index is 992. The summed E-state index contributed by atoms with van der Waals surface area (Å²) < 4.78 is 23.0. The van der Waals surface area contributed by atoms with Gasteiger partial charge in [-0.2, -0.15) is 0 Å². The van der Waals surface area contributed by atoms with E-state index in [0.29, 0.717) is 19.0 Å². The van der Waals surface area contributed by atoms with E-state index in [2.05, 4.69) is 24.5 Å². The Kier molecular flexibility index (Phi) is 8.65. The highest BCUT2D eigenvalue weighted by molar-refractivity contribution is 5.75. The molecule has 210 valence electrons. The molecule has 2 saturated carbocycles. The average molecular weight is 528 g/mol. The summed E-state index contributed by atoms with van der Waals surface area (Å²) in [4.78, 5) is 17.4. The minimum absolute atomic E-state index is 0.00530. The molecular weight excluding hydrogens is 480 g/mol. The van der Waals surface area contributed by atoms with Gasteiger partial charge in [-0.3, -0.25) is 9.69 Å². The number of benzene rings is 1. The van der Waals surface area contributed by atoms with Crippen LogP contribution >= 0.6 is 0 Å². The van der Waals surface area contributed by atoms with Crippen LogP contribution in [0.3, 0.4) is 0 Å². The maximum atomic E-state index is 13.3. The third-order valence-corrected chi connectivity index (χ3v) is 9.86. The first-order valence-electron chi connectivity index (χ1n) is 14.6. The number of nitrogens with one attached hydrogen (secondary N) is 1. The minimum Gasteiger partial charge on any atom is -0.493 e. The third kappa shape index (κ3) is 5.75. The molecule has 0 spiro atoms. The lowest BCUT2D eigenvalue weighted by Gasteiger charge is -2.50. The van der Waals surface area contributed by atoms with Crippen LogP contribution in [0.15, 0.2) is 30.4 Å². The van der Waals surface area contributed by atoms with E-state index in [1.54, 1.807) is 19.1 Å². The van der Waals surface area contributed by atoms with Crippen molar-refractivity contribution in [1.29, 1.82) is 0 Å². The molecule has 38 heavy (non-hydrogen) atoms. The Hall–Kier alpha value is -2.09. The number of carbonyl (C=O) groups is 1. The smallest absolute Gasteiger partial charge is 0.310 e. The van der Waals surface area contributed by atoms with Crippen LogP contribution in [-0.2, 0) is 20.8 Å². The molecule has 5 atom stereocenters. The number of esters is 1. The third-order valence-electron chi connectivity index (χ3n) is 9.86. The molecule has 0 amide bonds. The van der Waals surface area contributed by atoms with Gasteiger partial charge in [-0.25, -0.2) is 0 Å². The Balaban J connectivity index is 1.32.